The Morgan fingerprint density at radius 1 is 1.24 bits per heavy atom. The van der Waals surface area contributed by atoms with Crippen LogP contribution >= 0.6 is 0 Å². The van der Waals surface area contributed by atoms with Crippen molar-refractivity contribution in [1.29, 1.82) is 0 Å². The van der Waals surface area contributed by atoms with Crippen molar-refractivity contribution in [3.8, 4) is 0 Å². The maximum Gasteiger partial charge on any atom is 0.169 e. The number of nitrogens with zero attached hydrogens (tertiary/aromatic N) is 1. The third kappa shape index (κ3) is 5.82. The second-order valence-electron chi connectivity index (χ2n) is 4.78. The molecule has 0 atom stereocenters. The normalized spacial score (nSPS) is 19.1. The molecule has 4 nitrogen and oxygen atoms in total. The number of ether oxygens (including phenoxy) is 2. The number of likely N-dealkylation sites (tertiary alicyclic amines) is 1. The largest absolute Gasteiger partial charge is 0.355 e. The molecule has 1 aliphatic rings. The number of methoxy groups -OCH3 is 2. The predicted octanol–water partition coefficient (Wildman–Crippen LogP) is 1.46. The minimum atomic E-state index is -0.117. The summed E-state index contributed by atoms with van der Waals surface area (Å²) in [6.07, 6.45) is 4.98. The highest BCUT2D eigenvalue weighted by Crippen LogP contribution is 2.11. The van der Waals surface area contributed by atoms with E-state index in [2.05, 4.69) is 17.1 Å². The Bertz CT molecular complexity index is 178. The molecule has 1 heterocycles. The molecule has 1 rings (SSSR count). The number of hydrogen-bond acceptors (Lipinski definition) is 4. The molecular weight excluding hydrogens is 216 g/mol. The van der Waals surface area contributed by atoms with Gasteiger partial charge in [-0.05, 0) is 38.9 Å². The topological polar surface area (TPSA) is 33.7 Å². The highest BCUT2D eigenvalue weighted by atomic mass is 16.7. The molecule has 0 spiro atoms. The van der Waals surface area contributed by atoms with Crippen LogP contribution in [0.15, 0.2) is 0 Å². The van der Waals surface area contributed by atoms with Crippen molar-refractivity contribution >= 4 is 0 Å². The van der Waals surface area contributed by atoms with Crippen LogP contribution in [-0.2, 0) is 9.47 Å². The number of hydrogen-bond donors (Lipinski definition) is 1. The fourth-order valence-corrected chi connectivity index (χ4v) is 2.27. The van der Waals surface area contributed by atoms with Crippen LogP contribution in [0.1, 0.15) is 32.6 Å². The predicted molar refractivity (Wildman–Crippen MR) is 70.2 cm³/mol. The lowest BCUT2D eigenvalue weighted by Crippen LogP contribution is -2.45. The molecule has 0 aromatic heterocycles. The van der Waals surface area contributed by atoms with Gasteiger partial charge in [0.1, 0.15) is 0 Å². The number of rotatable bonds is 8. The van der Waals surface area contributed by atoms with Crippen LogP contribution in [0.5, 0.6) is 0 Å². The molecule has 1 aliphatic heterocycles. The summed E-state index contributed by atoms with van der Waals surface area (Å²) in [5.41, 5.74) is 0. The van der Waals surface area contributed by atoms with E-state index in [1.165, 1.54) is 45.3 Å². The summed E-state index contributed by atoms with van der Waals surface area (Å²) in [7, 11) is 3.37. The van der Waals surface area contributed by atoms with E-state index in [0.717, 1.165) is 6.54 Å². The van der Waals surface area contributed by atoms with Gasteiger partial charge >= 0.3 is 0 Å². The zero-order valence-electron chi connectivity index (χ0n) is 11.6. The zero-order valence-corrected chi connectivity index (χ0v) is 11.6. The maximum atomic E-state index is 5.17. The molecule has 102 valence electrons. The fraction of sp³-hybridized carbons (Fsp3) is 1.00. The van der Waals surface area contributed by atoms with Crippen LogP contribution in [0.25, 0.3) is 0 Å². The van der Waals surface area contributed by atoms with Crippen molar-refractivity contribution in [1.82, 2.24) is 10.2 Å². The Morgan fingerprint density at radius 2 is 1.88 bits per heavy atom. The third-order valence-corrected chi connectivity index (χ3v) is 3.51. The molecule has 1 N–H and O–H groups in total. The lowest BCUT2D eigenvalue weighted by Gasteiger charge is -2.32. The number of piperidine rings is 1. The van der Waals surface area contributed by atoms with Crippen LogP contribution < -0.4 is 5.32 Å². The van der Waals surface area contributed by atoms with Crippen LogP contribution in [-0.4, -0.2) is 57.6 Å². The van der Waals surface area contributed by atoms with E-state index in [4.69, 9.17) is 9.47 Å². The second kappa shape index (κ2) is 8.86. The molecule has 1 fully saturated rings. The molecule has 0 unspecified atom stereocenters. The monoisotopic (exact) mass is 244 g/mol. The minimum Gasteiger partial charge on any atom is -0.355 e. The Morgan fingerprint density at radius 3 is 2.41 bits per heavy atom. The molecular formula is C13H28N2O2. The number of unbranched alkanes of at least 4 members (excludes halogenated alkanes) is 1. The van der Waals surface area contributed by atoms with Gasteiger partial charge in [0.2, 0.25) is 0 Å². The summed E-state index contributed by atoms with van der Waals surface area (Å²) in [5.74, 6) is 0. The lowest BCUT2D eigenvalue weighted by atomic mass is 10.0. The number of nitrogens with one attached hydrogen (secondary N) is 1. The summed E-state index contributed by atoms with van der Waals surface area (Å²) < 4.78 is 10.3. The summed E-state index contributed by atoms with van der Waals surface area (Å²) in [6, 6.07) is 0.626. The lowest BCUT2D eigenvalue weighted by molar-refractivity contribution is -0.100. The first kappa shape index (κ1) is 14.9. The minimum absolute atomic E-state index is 0.117. The van der Waals surface area contributed by atoms with Crippen molar-refractivity contribution in [3.05, 3.63) is 0 Å². The smallest absolute Gasteiger partial charge is 0.169 e. The SMILES string of the molecule is CCCCN1CCC(NCC(OC)OC)CC1. The van der Waals surface area contributed by atoms with Gasteiger partial charge in [0.25, 0.3) is 0 Å². The molecule has 0 aromatic carbocycles. The molecule has 17 heavy (non-hydrogen) atoms. The summed E-state index contributed by atoms with van der Waals surface area (Å²) in [4.78, 5) is 2.58. The fourth-order valence-electron chi connectivity index (χ4n) is 2.27. The zero-order chi connectivity index (χ0) is 12.5. The first-order valence-corrected chi connectivity index (χ1v) is 6.81. The van der Waals surface area contributed by atoms with E-state index in [-0.39, 0.29) is 6.29 Å². The molecule has 0 radical (unpaired) electrons. The average molecular weight is 244 g/mol. The van der Waals surface area contributed by atoms with Crippen molar-refractivity contribution in [2.24, 2.45) is 0 Å². The first-order valence-electron chi connectivity index (χ1n) is 6.81. The van der Waals surface area contributed by atoms with E-state index in [9.17, 15) is 0 Å². The van der Waals surface area contributed by atoms with E-state index >= 15 is 0 Å². The Kier molecular flexibility index (Phi) is 7.77. The molecule has 0 amide bonds. The molecule has 0 bridgehead atoms. The van der Waals surface area contributed by atoms with Crippen LogP contribution in [0.4, 0.5) is 0 Å². The van der Waals surface area contributed by atoms with Crippen molar-refractivity contribution < 1.29 is 9.47 Å². The third-order valence-electron chi connectivity index (χ3n) is 3.51. The van der Waals surface area contributed by atoms with Gasteiger partial charge in [-0.25, -0.2) is 0 Å². The van der Waals surface area contributed by atoms with E-state index in [1.807, 2.05) is 0 Å². The molecule has 0 aromatic rings. The molecule has 0 saturated carbocycles. The highest BCUT2D eigenvalue weighted by molar-refractivity contribution is 4.77. The summed E-state index contributed by atoms with van der Waals surface area (Å²) >= 11 is 0. The van der Waals surface area contributed by atoms with Gasteiger partial charge in [0.15, 0.2) is 6.29 Å². The Labute approximate surface area is 106 Å². The van der Waals surface area contributed by atoms with E-state index in [0.29, 0.717) is 6.04 Å². The summed E-state index contributed by atoms with van der Waals surface area (Å²) in [5, 5.41) is 3.52. The molecule has 4 heteroatoms. The molecule has 0 aliphatic carbocycles. The summed E-state index contributed by atoms with van der Waals surface area (Å²) in [6.45, 7) is 6.75. The second-order valence-corrected chi connectivity index (χ2v) is 4.78. The Hall–Kier alpha value is -0.160. The van der Waals surface area contributed by atoms with Gasteiger partial charge in [-0.3, -0.25) is 0 Å². The van der Waals surface area contributed by atoms with Crippen molar-refractivity contribution in [2.45, 2.75) is 44.9 Å². The van der Waals surface area contributed by atoms with Gasteiger partial charge in [-0.1, -0.05) is 13.3 Å². The van der Waals surface area contributed by atoms with Gasteiger partial charge in [0.05, 0.1) is 0 Å². The van der Waals surface area contributed by atoms with Gasteiger partial charge in [-0.2, -0.15) is 0 Å². The quantitative estimate of drug-likeness (QED) is 0.655. The maximum absolute atomic E-state index is 5.17. The molecule has 1 saturated heterocycles. The standard InChI is InChI=1S/C13H28N2O2/c1-4-5-8-15-9-6-12(7-10-15)14-11-13(16-2)17-3/h12-14H,4-11H2,1-3H3. The van der Waals surface area contributed by atoms with Crippen LogP contribution in [0.3, 0.4) is 0 Å². The van der Waals surface area contributed by atoms with Gasteiger partial charge in [-0.15, -0.1) is 0 Å². The Balaban J connectivity index is 2.10. The van der Waals surface area contributed by atoms with Gasteiger partial charge < -0.3 is 19.7 Å². The van der Waals surface area contributed by atoms with Crippen LogP contribution in [0.2, 0.25) is 0 Å². The van der Waals surface area contributed by atoms with E-state index < -0.39 is 0 Å². The highest BCUT2D eigenvalue weighted by Gasteiger charge is 2.19. The average Bonchev–Trinajstić information content (AvgIpc) is 2.39. The van der Waals surface area contributed by atoms with Crippen LogP contribution in [0, 0.1) is 0 Å². The van der Waals surface area contributed by atoms with Crippen molar-refractivity contribution in [2.75, 3.05) is 40.4 Å². The first-order chi connectivity index (χ1) is 8.30. The van der Waals surface area contributed by atoms with Gasteiger partial charge in [0, 0.05) is 26.8 Å². The van der Waals surface area contributed by atoms with E-state index in [1.54, 1.807) is 14.2 Å². The van der Waals surface area contributed by atoms with Crippen molar-refractivity contribution in [3.63, 3.8) is 0 Å².